The largest absolute Gasteiger partial charge is 0.380 e. The molecule has 0 saturated heterocycles. The fraction of sp³-hybridized carbons (Fsp3) is 0.286. The van der Waals surface area contributed by atoms with Crippen LogP contribution >= 0.6 is 15.9 Å². The lowest BCUT2D eigenvalue weighted by atomic mass is 10.3. The fourth-order valence-corrected chi connectivity index (χ4v) is 2.21. The monoisotopic (exact) mass is 310 g/mol. The molecule has 96 valence electrons. The van der Waals surface area contributed by atoms with Crippen molar-refractivity contribution in [1.82, 2.24) is 4.57 Å². The Balaban J connectivity index is 1.99. The zero-order chi connectivity index (χ0) is 13.0. The molecular formula is C14H16BrFN2. The second-order valence-electron chi connectivity index (χ2n) is 4.24. The summed E-state index contributed by atoms with van der Waals surface area (Å²) in [5.41, 5.74) is 1.97. The topological polar surface area (TPSA) is 17.0 Å². The second kappa shape index (κ2) is 6.05. The summed E-state index contributed by atoms with van der Waals surface area (Å²) in [4.78, 5) is 0. The van der Waals surface area contributed by atoms with Crippen LogP contribution in [0, 0.1) is 5.82 Å². The van der Waals surface area contributed by atoms with Crippen LogP contribution in [0.4, 0.5) is 10.1 Å². The maximum Gasteiger partial charge on any atom is 0.125 e. The van der Waals surface area contributed by atoms with E-state index in [4.69, 9.17) is 0 Å². The van der Waals surface area contributed by atoms with Gasteiger partial charge in [0.1, 0.15) is 5.82 Å². The third-order valence-electron chi connectivity index (χ3n) is 2.70. The second-order valence-corrected chi connectivity index (χ2v) is 5.09. The van der Waals surface area contributed by atoms with Gasteiger partial charge in [0.25, 0.3) is 0 Å². The molecule has 0 bridgehead atoms. The molecule has 18 heavy (non-hydrogen) atoms. The molecule has 0 saturated carbocycles. The van der Waals surface area contributed by atoms with Crippen molar-refractivity contribution < 1.29 is 4.39 Å². The van der Waals surface area contributed by atoms with E-state index in [1.807, 2.05) is 0 Å². The minimum Gasteiger partial charge on any atom is -0.380 e. The molecule has 0 atom stereocenters. The van der Waals surface area contributed by atoms with Crippen molar-refractivity contribution in [3.63, 3.8) is 0 Å². The number of nitrogens with one attached hydrogen (secondary N) is 1. The Labute approximate surface area is 115 Å². The summed E-state index contributed by atoms with van der Waals surface area (Å²) >= 11 is 3.40. The van der Waals surface area contributed by atoms with Crippen molar-refractivity contribution in [2.45, 2.75) is 26.4 Å². The van der Waals surface area contributed by atoms with Gasteiger partial charge in [0.2, 0.25) is 0 Å². The third kappa shape index (κ3) is 3.35. The van der Waals surface area contributed by atoms with Gasteiger partial charge in [-0.1, -0.05) is 6.92 Å². The minimum atomic E-state index is -0.232. The van der Waals surface area contributed by atoms with E-state index in [0.717, 1.165) is 23.1 Å². The van der Waals surface area contributed by atoms with Crippen LogP contribution in [-0.4, -0.2) is 4.57 Å². The standard InChI is InChI=1S/C14H16BrFN2/c1-2-6-18-7-5-11(10-18)9-17-14-8-12(16)3-4-13(14)15/h3-5,7-8,10,17H,2,6,9H2,1H3. The molecule has 4 heteroatoms. The van der Waals surface area contributed by atoms with Crippen molar-refractivity contribution in [2.75, 3.05) is 5.32 Å². The van der Waals surface area contributed by atoms with E-state index in [1.165, 1.54) is 17.7 Å². The van der Waals surface area contributed by atoms with Gasteiger partial charge in [0.05, 0.1) is 5.69 Å². The molecule has 0 amide bonds. The number of aryl methyl sites for hydroxylation is 1. The quantitative estimate of drug-likeness (QED) is 0.865. The van der Waals surface area contributed by atoms with Gasteiger partial charge in [-0.2, -0.15) is 0 Å². The first-order valence-corrected chi connectivity index (χ1v) is 6.82. The lowest BCUT2D eigenvalue weighted by molar-refractivity contribution is 0.628. The van der Waals surface area contributed by atoms with Gasteiger partial charge in [-0.25, -0.2) is 4.39 Å². The van der Waals surface area contributed by atoms with Crippen molar-refractivity contribution in [3.05, 3.63) is 52.5 Å². The highest BCUT2D eigenvalue weighted by molar-refractivity contribution is 9.10. The molecule has 1 aromatic heterocycles. The molecule has 0 aliphatic rings. The summed E-state index contributed by atoms with van der Waals surface area (Å²) in [5.74, 6) is -0.232. The first kappa shape index (κ1) is 13.1. The smallest absolute Gasteiger partial charge is 0.125 e. The average molecular weight is 311 g/mol. The van der Waals surface area contributed by atoms with Gasteiger partial charge in [0.15, 0.2) is 0 Å². The van der Waals surface area contributed by atoms with E-state index < -0.39 is 0 Å². The predicted molar refractivity (Wildman–Crippen MR) is 76.1 cm³/mol. The van der Waals surface area contributed by atoms with Crippen molar-refractivity contribution in [2.24, 2.45) is 0 Å². The van der Waals surface area contributed by atoms with Crippen LogP contribution in [0.25, 0.3) is 0 Å². The lowest BCUT2D eigenvalue weighted by Crippen LogP contribution is -2.00. The number of anilines is 1. The van der Waals surface area contributed by atoms with Gasteiger partial charge < -0.3 is 9.88 Å². The molecule has 0 aliphatic heterocycles. The van der Waals surface area contributed by atoms with Crippen LogP contribution in [0.3, 0.4) is 0 Å². The Morgan fingerprint density at radius 3 is 2.94 bits per heavy atom. The Kier molecular flexibility index (Phi) is 4.42. The third-order valence-corrected chi connectivity index (χ3v) is 3.40. The highest BCUT2D eigenvalue weighted by Crippen LogP contribution is 2.23. The molecule has 2 rings (SSSR count). The first-order chi connectivity index (χ1) is 8.69. The van der Waals surface area contributed by atoms with Crippen LogP contribution in [0.1, 0.15) is 18.9 Å². The molecule has 0 radical (unpaired) electrons. The van der Waals surface area contributed by atoms with Crippen LogP contribution in [0.5, 0.6) is 0 Å². The van der Waals surface area contributed by atoms with Gasteiger partial charge in [0, 0.05) is 30.0 Å². The van der Waals surface area contributed by atoms with E-state index in [0.29, 0.717) is 6.54 Å². The number of aromatic nitrogens is 1. The molecule has 2 nitrogen and oxygen atoms in total. The molecule has 0 spiro atoms. The Morgan fingerprint density at radius 2 is 2.17 bits per heavy atom. The summed E-state index contributed by atoms with van der Waals surface area (Å²) in [6.07, 6.45) is 5.31. The van der Waals surface area contributed by atoms with Gasteiger partial charge in [-0.05, 0) is 52.2 Å². The van der Waals surface area contributed by atoms with Crippen molar-refractivity contribution in [1.29, 1.82) is 0 Å². The molecule has 1 aromatic carbocycles. The maximum absolute atomic E-state index is 13.1. The summed E-state index contributed by atoms with van der Waals surface area (Å²) < 4.78 is 16.1. The van der Waals surface area contributed by atoms with E-state index in [-0.39, 0.29) is 5.82 Å². The maximum atomic E-state index is 13.1. The predicted octanol–water partition coefficient (Wildman–Crippen LogP) is 4.41. The van der Waals surface area contributed by atoms with Crippen molar-refractivity contribution >= 4 is 21.6 Å². The van der Waals surface area contributed by atoms with Crippen LogP contribution < -0.4 is 5.32 Å². The van der Waals surface area contributed by atoms with Gasteiger partial charge >= 0.3 is 0 Å². The highest BCUT2D eigenvalue weighted by Gasteiger charge is 2.02. The van der Waals surface area contributed by atoms with E-state index in [9.17, 15) is 4.39 Å². The zero-order valence-electron chi connectivity index (χ0n) is 10.3. The summed E-state index contributed by atoms with van der Waals surface area (Å²) in [6.45, 7) is 3.88. The Hall–Kier alpha value is -1.29. The molecule has 0 aliphatic carbocycles. The van der Waals surface area contributed by atoms with E-state index in [1.54, 1.807) is 6.07 Å². The Bertz CT molecular complexity index is 522. The van der Waals surface area contributed by atoms with Gasteiger partial charge in [-0.15, -0.1) is 0 Å². The zero-order valence-corrected chi connectivity index (χ0v) is 11.9. The molecular weight excluding hydrogens is 295 g/mol. The molecule has 1 heterocycles. The number of rotatable bonds is 5. The summed E-state index contributed by atoms with van der Waals surface area (Å²) in [7, 11) is 0. The summed E-state index contributed by atoms with van der Waals surface area (Å²) in [5, 5.41) is 3.23. The number of hydrogen-bond acceptors (Lipinski definition) is 1. The minimum absolute atomic E-state index is 0.232. The van der Waals surface area contributed by atoms with Gasteiger partial charge in [-0.3, -0.25) is 0 Å². The lowest BCUT2D eigenvalue weighted by Gasteiger charge is -2.07. The van der Waals surface area contributed by atoms with E-state index >= 15 is 0 Å². The molecule has 1 N–H and O–H groups in total. The average Bonchev–Trinajstić information content (AvgIpc) is 2.79. The van der Waals surface area contributed by atoms with Crippen LogP contribution in [0.2, 0.25) is 0 Å². The number of hydrogen-bond donors (Lipinski definition) is 1. The van der Waals surface area contributed by atoms with Crippen molar-refractivity contribution in [3.8, 4) is 0 Å². The first-order valence-electron chi connectivity index (χ1n) is 6.02. The summed E-state index contributed by atoms with van der Waals surface area (Å²) in [6, 6.07) is 6.72. The SMILES string of the molecule is CCCn1ccc(CNc2cc(F)ccc2Br)c1. The number of benzene rings is 1. The normalized spacial score (nSPS) is 10.6. The molecule has 0 unspecified atom stereocenters. The molecule has 2 aromatic rings. The highest BCUT2D eigenvalue weighted by atomic mass is 79.9. The van der Waals surface area contributed by atoms with E-state index in [2.05, 4.69) is 51.2 Å². The van der Waals surface area contributed by atoms with Crippen LogP contribution in [-0.2, 0) is 13.1 Å². The Morgan fingerprint density at radius 1 is 1.33 bits per heavy atom. The number of halogens is 2. The number of nitrogens with zero attached hydrogens (tertiary/aromatic N) is 1. The van der Waals surface area contributed by atoms with Crippen LogP contribution in [0.15, 0.2) is 41.1 Å². The molecule has 0 fully saturated rings. The fourth-order valence-electron chi connectivity index (χ4n) is 1.82.